The summed E-state index contributed by atoms with van der Waals surface area (Å²) >= 11 is 0. The van der Waals surface area contributed by atoms with Gasteiger partial charge in [-0.2, -0.15) is 0 Å². The highest BCUT2D eigenvalue weighted by atomic mass is 16.7. The van der Waals surface area contributed by atoms with Crippen molar-refractivity contribution in [1.82, 2.24) is 0 Å². The minimum absolute atomic E-state index is 0.490. The first-order valence-corrected chi connectivity index (χ1v) is 8.04. The summed E-state index contributed by atoms with van der Waals surface area (Å²) in [6.45, 7) is 6.54. The van der Waals surface area contributed by atoms with E-state index in [4.69, 9.17) is 9.47 Å². The molecule has 1 aromatic carbocycles. The molecule has 0 fully saturated rings. The second kappa shape index (κ2) is 9.82. The third-order valence-electron chi connectivity index (χ3n) is 3.36. The molecule has 1 aromatic rings. The number of aryl methyl sites for hydroxylation is 1. The number of ether oxygens (including phenoxy) is 2. The molecular weight excluding hydrogens is 292 g/mol. The third kappa shape index (κ3) is 7.63. The predicted octanol–water partition coefficient (Wildman–Crippen LogP) is 4.27. The van der Waals surface area contributed by atoms with Crippen LogP contribution in [0.5, 0.6) is 0 Å². The summed E-state index contributed by atoms with van der Waals surface area (Å²) in [5.74, 6) is -0.981. The van der Waals surface area contributed by atoms with E-state index >= 15 is 0 Å². The molecule has 0 unspecified atom stereocenters. The Labute approximate surface area is 138 Å². The van der Waals surface area contributed by atoms with E-state index in [2.05, 4.69) is 19.1 Å². The third-order valence-corrected chi connectivity index (χ3v) is 3.36. The van der Waals surface area contributed by atoms with Crippen molar-refractivity contribution in [2.24, 2.45) is 0 Å². The second-order valence-corrected chi connectivity index (χ2v) is 5.64. The average molecular weight is 318 g/mol. The lowest BCUT2D eigenvalue weighted by molar-refractivity contribution is -0.177. The maximum atomic E-state index is 11.1. The number of benzene rings is 1. The Hall–Kier alpha value is -2.10. The van der Waals surface area contributed by atoms with Crippen LogP contribution in [0.2, 0.25) is 0 Å². The predicted molar refractivity (Wildman–Crippen MR) is 90.6 cm³/mol. The van der Waals surface area contributed by atoms with E-state index in [-0.39, 0.29) is 0 Å². The molecule has 0 saturated carbocycles. The van der Waals surface area contributed by atoms with Gasteiger partial charge < -0.3 is 9.47 Å². The summed E-state index contributed by atoms with van der Waals surface area (Å²) in [4.78, 5) is 22.2. The summed E-state index contributed by atoms with van der Waals surface area (Å²) in [6.07, 6.45) is 5.62. The summed E-state index contributed by atoms with van der Waals surface area (Å²) in [5, 5.41) is 0. The minimum atomic E-state index is -0.978. The van der Waals surface area contributed by atoms with Crippen molar-refractivity contribution in [3.8, 4) is 0 Å². The molecule has 0 aliphatic rings. The van der Waals surface area contributed by atoms with Gasteiger partial charge in [-0.15, -0.1) is 0 Å². The Kier molecular flexibility index (Phi) is 8.09. The highest BCUT2D eigenvalue weighted by Gasteiger charge is 2.17. The second-order valence-electron chi connectivity index (χ2n) is 5.64. The first kappa shape index (κ1) is 18.9. The van der Waals surface area contributed by atoms with Crippen LogP contribution in [0.15, 0.2) is 29.8 Å². The zero-order chi connectivity index (χ0) is 17.2. The van der Waals surface area contributed by atoms with Gasteiger partial charge in [-0.25, -0.2) is 0 Å². The highest BCUT2D eigenvalue weighted by Crippen LogP contribution is 2.16. The van der Waals surface area contributed by atoms with Crippen LogP contribution in [0.25, 0.3) is 6.08 Å². The van der Waals surface area contributed by atoms with Crippen LogP contribution in [0, 0.1) is 0 Å². The zero-order valence-corrected chi connectivity index (χ0v) is 14.4. The first-order chi connectivity index (χ1) is 10.9. The van der Waals surface area contributed by atoms with Crippen molar-refractivity contribution in [2.45, 2.75) is 59.7 Å². The largest absolute Gasteiger partial charge is 0.421 e. The molecule has 0 radical (unpaired) electrons. The van der Waals surface area contributed by atoms with E-state index in [1.807, 2.05) is 18.2 Å². The van der Waals surface area contributed by atoms with E-state index in [1.54, 1.807) is 6.92 Å². The number of hydrogen-bond donors (Lipinski definition) is 0. The smallest absolute Gasteiger partial charge is 0.305 e. The zero-order valence-electron chi connectivity index (χ0n) is 14.4. The maximum absolute atomic E-state index is 11.1. The standard InChI is InChI=1S/C19H26O4/c1-5-6-7-8-17-9-11-18(12-10-17)13-14(2)19(22-15(3)20)23-16(4)21/h9-13,19H,5-8H2,1-4H3. The number of esters is 2. The van der Waals surface area contributed by atoms with Gasteiger partial charge in [-0.1, -0.05) is 44.0 Å². The first-order valence-electron chi connectivity index (χ1n) is 8.04. The van der Waals surface area contributed by atoms with Gasteiger partial charge in [0, 0.05) is 19.4 Å². The lowest BCUT2D eigenvalue weighted by Crippen LogP contribution is -2.23. The Morgan fingerprint density at radius 3 is 2.04 bits per heavy atom. The topological polar surface area (TPSA) is 52.6 Å². The number of unbranched alkanes of at least 4 members (excludes halogenated alkanes) is 2. The normalized spacial score (nSPS) is 11.4. The summed E-state index contributed by atoms with van der Waals surface area (Å²) in [7, 11) is 0. The van der Waals surface area contributed by atoms with Gasteiger partial charge in [0.05, 0.1) is 0 Å². The molecule has 0 aliphatic carbocycles. The van der Waals surface area contributed by atoms with Gasteiger partial charge in [0.2, 0.25) is 0 Å². The van der Waals surface area contributed by atoms with Gasteiger partial charge >= 0.3 is 11.9 Å². The fourth-order valence-electron chi connectivity index (χ4n) is 2.20. The van der Waals surface area contributed by atoms with Crippen LogP contribution in [0.1, 0.15) is 58.1 Å². The maximum Gasteiger partial charge on any atom is 0.305 e. The molecule has 1 rings (SSSR count). The van der Waals surface area contributed by atoms with Crippen molar-refractivity contribution in [3.05, 3.63) is 41.0 Å². The van der Waals surface area contributed by atoms with Crippen LogP contribution >= 0.6 is 0 Å². The van der Waals surface area contributed by atoms with Gasteiger partial charge in [0.15, 0.2) is 0 Å². The number of carbonyl (C=O) groups excluding carboxylic acids is 2. The fraction of sp³-hybridized carbons (Fsp3) is 0.474. The number of hydrogen-bond acceptors (Lipinski definition) is 4. The molecule has 0 bridgehead atoms. The quantitative estimate of drug-likeness (QED) is 0.408. The van der Waals surface area contributed by atoms with Crippen LogP contribution in [-0.4, -0.2) is 18.2 Å². The van der Waals surface area contributed by atoms with Crippen LogP contribution in [-0.2, 0) is 25.5 Å². The fourth-order valence-corrected chi connectivity index (χ4v) is 2.20. The summed E-state index contributed by atoms with van der Waals surface area (Å²) in [5.41, 5.74) is 2.95. The summed E-state index contributed by atoms with van der Waals surface area (Å²) in [6, 6.07) is 8.23. The molecule has 0 aromatic heterocycles. The van der Waals surface area contributed by atoms with Gasteiger partial charge in [0.1, 0.15) is 0 Å². The molecule has 0 N–H and O–H groups in total. The Balaban J connectivity index is 2.77. The molecule has 0 spiro atoms. The lowest BCUT2D eigenvalue weighted by atomic mass is 10.0. The number of carbonyl (C=O) groups is 2. The molecule has 4 nitrogen and oxygen atoms in total. The highest BCUT2D eigenvalue weighted by molar-refractivity contribution is 5.69. The van der Waals surface area contributed by atoms with Crippen molar-refractivity contribution in [2.75, 3.05) is 0 Å². The van der Waals surface area contributed by atoms with Crippen LogP contribution in [0.3, 0.4) is 0 Å². The van der Waals surface area contributed by atoms with E-state index in [0.29, 0.717) is 5.57 Å². The number of rotatable bonds is 8. The van der Waals surface area contributed by atoms with Gasteiger partial charge in [-0.3, -0.25) is 9.59 Å². The molecule has 126 valence electrons. The molecular formula is C19H26O4. The van der Waals surface area contributed by atoms with E-state index in [0.717, 1.165) is 12.0 Å². The molecule has 0 aliphatic heterocycles. The van der Waals surface area contributed by atoms with Crippen LogP contribution in [0.4, 0.5) is 0 Å². The van der Waals surface area contributed by atoms with Gasteiger partial charge in [-0.05, 0) is 37.0 Å². The van der Waals surface area contributed by atoms with Crippen molar-refractivity contribution in [3.63, 3.8) is 0 Å². The molecule has 0 atom stereocenters. The SMILES string of the molecule is CCCCCc1ccc(C=C(C)C(OC(C)=O)OC(C)=O)cc1. The monoisotopic (exact) mass is 318 g/mol. The molecule has 0 amide bonds. The van der Waals surface area contributed by atoms with Crippen molar-refractivity contribution >= 4 is 18.0 Å². The average Bonchev–Trinajstić information content (AvgIpc) is 2.47. The Morgan fingerprint density at radius 2 is 1.57 bits per heavy atom. The van der Waals surface area contributed by atoms with E-state index < -0.39 is 18.2 Å². The molecule has 4 heteroatoms. The van der Waals surface area contributed by atoms with Crippen molar-refractivity contribution < 1.29 is 19.1 Å². The summed E-state index contributed by atoms with van der Waals surface area (Å²) < 4.78 is 10.1. The van der Waals surface area contributed by atoms with Gasteiger partial charge in [0.25, 0.3) is 6.29 Å². The Bertz CT molecular complexity index is 527. The lowest BCUT2D eigenvalue weighted by Gasteiger charge is -2.17. The molecule has 0 saturated heterocycles. The minimum Gasteiger partial charge on any atom is -0.421 e. The molecule has 0 heterocycles. The van der Waals surface area contributed by atoms with E-state index in [9.17, 15) is 9.59 Å². The Morgan fingerprint density at radius 1 is 1.00 bits per heavy atom. The molecule has 23 heavy (non-hydrogen) atoms. The van der Waals surface area contributed by atoms with Crippen LogP contribution < -0.4 is 0 Å². The van der Waals surface area contributed by atoms with Crippen molar-refractivity contribution in [1.29, 1.82) is 0 Å². The van der Waals surface area contributed by atoms with E-state index in [1.165, 1.54) is 38.7 Å².